The minimum atomic E-state index is 0.0253. The van der Waals surface area contributed by atoms with Crippen molar-refractivity contribution < 1.29 is 0 Å². The van der Waals surface area contributed by atoms with E-state index in [-0.39, 0.29) is 5.54 Å². The van der Waals surface area contributed by atoms with E-state index in [1.807, 2.05) is 24.4 Å². The van der Waals surface area contributed by atoms with E-state index in [2.05, 4.69) is 37.7 Å². The summed E-state index contributed by atoms with van der Waals surface area (Å²) in [4.78, 5) is 6.64. The first kappa shape index (κ1) is 13.1. The van der Waals surface area contributed by atoms with Crippen molar-refractivity contribution in [3.05, 3.63) is 30.1 Å². The minimum absolute atomic E-state index is 0.0253. The number of aromatic nitrogens is 1. The quantitative estimate of drug-likeness (QED) is 0.825. The summed E-state index contributed by atoms with van der Waals surface area (Å²) in [6.07, 6.45) is 1.83. The molecule has 1 unspecified atom stereocenters. The molecule has 0 spiro atoms. The molecule has 0 aromatic carbocycles. The first-order valence-electron chi connectivity index (χ1n) is 5.82. The highest BCUT2D eigenvalue weighted by Crippen LogP contribution is 2.23. The zero-order valence-corrected chi connectivity index (χ0v) is 10.8. The molecule has 0 fully saturated rings. The van der Waals surface area contributed by atoms with Gasteiger partial charge in [0.25, 0.3) is 0 Å². The topological polar surface area (TPSA) is 42.1 Å². The molecule has 0 amide bonds. The van der Waals surface area contributed by atoms with Gasteiger partial charge in [-0.15, -0.1) is 0 Å². The van der Waals surface area contributed by atoms with Crippen molar-refractivity contribution in [2.45, 2.75) is 32.9 Å². The third-order valence-corrected chi connectivity index (χ3v) is 3.65. The highest BCUT2D eigenvalue weighted by Gasteiger charge is 2.31. The summed E-state index contributed by atoms with van der Waals surface area (Å²) >= 11 is 0. The van der Waals surface area contributed by atoms with Gasteiger partial charge in [-0.25, -0.2) is 0 Å². The molecule has 1 aromatic heterocycles. The maximum Gasteiger partial charge on any atom is 0.0544 e. The van der Waals surface area contributed by atoms with Gasteiger partial charge in [0.1, 0.15) is 0 Å². The summed E-state index contributed by atoms with van der Waals surface area (Å²) < 4.78 is 0. The van der Waals surface area contributed by atoms with Gasteiger partial charge in [0.05, 0.1) is 5.69 Å². The molecule has 1 aromatic rings. The van der Waals surface area contributed by atoms with Crippen LogP contribution in [0.4, 0.5) is 0 Å². The summed E-state index contributed by atoms with van der Waals surface area (Å²) in [5, 5.41) is 0. The fourth-order valence-electron chi connectivity index (χ4n) is 1.75. The average Bonchev–Trinajstić information content (AvgIpc) is 2.28. The van der Waals surface area contributed by atoms with Crippen molar-refractivity contribution >= 4 is 0 Å². The van der Waals surface area contributed by atoms with Crippen molar-refractivity contribution in [2.24, 2.45) is 11.7 Å². The first-order chi connectivity index (χ1) is 7.50. The van der Waals surface area contributed by atoms with Gasteiger partial charge in [-0.05, 0) is 32.0 Å². The van der Waals surface area contributed by atoms with Crippen LogP contribution in [-0.2, 0) is 6.54 Å². The predicted molar refractivity (Wildman–Crippen MR) is 68.0 cm³/mol. The fraction of sp³-hybridized carbons (Fsp3) is 0.615. The van der Waals surface area contributed by atoms with Gasteiger partial charge in [0.2, 0.25) is 0 Å². The molecule has 90 valence electrons. The summed E-state index contributed by atoms with van der Waals surface area (Å²) in [6, 6.07) is 6.01. The Morgan fingerprint density at radius 1 is 1.44 bits per heavy atom. The average molecular weight is 221 g/mol. The number of likely N-dealkylation sites (N-methyl/N-ethyl adjacent to an activating group) is 1. The molecule has 0 saturated heterocycles. The lowest BCUT2D eigenvalue weighted by Crippen LogP contribution is -2.53. The minimum Gasteiger partial charge on any atom is -0.329 e. The van der Waals surface area contributed by atoms with Crippen LogP contribution in [0.2, 0.25) is 0 Å². The van der Waals surface area contributed by atoms with Crippen LogP contribution in [0.3, 0.4) is 0 Å². The molecular formula is C13H23N3. The number of nitrogens with zero attached hydrogens (tertiary/aromatic N) is 2. The van der Waals surface area contributed by atoms with Crippen molar-refractivity contribution in [3.8, 4) is 0 Å². The Balaban J connectivity index is 2.74. The van der Waals surface area contributed by atoms with Crippen molar-refractivity contribution in [3.63, 3.8) is 0 Å². The number of hydrogen-bond acceptors (Lipinski definition) is 3. The summed E-state index contributed by atoms with van der Waals surface area (Å²) in [5.41, 5.74) is 7.01. The Morgan fingerprint density at radius 3 is 2.56 bits per heavy atom. The van der Waals surface area contributed by atoms with Crippen LogP contribution in [0.5, 0.6) is 0 Å². The number of nitrogens with two attached hydrogens (primary N) is 1. The molecule has 0 saturated carbocycles. The van der Waals surface area contributed by atoms with Gasteiger partial charge in [-0.1, -0.05) is 19.9 Å². The van der Waals surface area contributed by atoms with E-state index in [1.165, 1.54) is 0 Å². The SMILES string of the molecule is CC(C)C(C)(CN)N(C)Cc1ccccn1. The molecule has 1 atom stereocenters. The predicted octanol–water partition coefficient (Wildman–Crippen LogP) is 1.89. The van der Waals surface area contributed by atoms with Crippen molar-refractivity contribution in [1.29, 1.82) is 0 Å². The molecule has 0 aliphatic heterocycles. The summed E-state index contributed by atoms with van der Waals surface area (Å²) in [5.74, 6) is 0.520. The lowest BCUT2D eigenvalue weighted by molar-refractivity contribution is 0.0865. The largest absolute Gasteiger partial charge is 0.329 e. The molecule has 0 bridgehead atoms. The van der Waals surface area contributed by atoms with E-state index in [9.17, 15) is 0 Å². The van der Waals surface area contributed by atoms with Gasteiger partial charge in [0.15, 0.2) is 0 Å². The lowest BCUT2D eigenvalue weighted by Gasteiger charge is -2.41. The van der Waals surface area contributed by atoms with Crippen LogP contribution >= 0.6 is 0 Å². The Kier molecular flexibility index (Phi) is 4.44. The molecule has 3 heteroatoms. The number of rotatable bonds is 5. The van der Waals surface area contributed by atoms with Crippen molar-refractivity contribution in [2.75, 3.05) is 13.6 Å². The highest BCUT2D eigenvalue weighted by atomic mass is 15.2. The van der Waals surface area contributed by atoms with E-state index >= 15 is 0 Å². The van der Waals surface area contributed by atoms with E-state index in [4.69, 9.17) is 5.73 Å². The molecule has 16 heavy (non-hydrogen) atoms. The monoisotopic (exact) mass is 221 g/mol. The summed E-state index contributed by atoms with van der Waals surface area (Å²) in [6.45, 7) is 8.13. The van der Waals surface area contributed by atoms with Crippen LogP contribution < -0.4 is 5.73 Å². The first-order valence-corrected chi connectivity index (χ1v) is 5.82. The van der Waals surface area contributed by atoms with Gasteiger partial charge < -0.3 is 5.73 Å². The molecular weight excluding hydrogens is 198 g/mol. The number of hydrogen-bond donors (Lipinski definition) is 1. The zero-order chi connectivity index (χ0) is 12.2. The molecule has 1 rings (SSSR count). The highest BCUT2D eigenvalue weighted by molar-refractivity contribution is 5.04. The van der Waals surface area contributed by atoms with E-state index in [0.29, 0.717) is 12.5 Å². The van der Waals surface area contributed by atoms with Crippen LogP contribution in [0.15, 0.2) is 24.4 Å². The zero-order valence-electron chi connectivity index (χ0n) is 10.8. The van der Waals surface area contributed by atoms with Gasteiger partial charge in [0, 0.05) is 24.8 Å². The summed E-state index contributed by atoms with van der Waals surface area (Å²) in [7, 11) is 2.11. The Hall–Kier alpha value is -0.930. The molecule has 2 N–H and O–H groups in total. The third-order valence-electron chi connectivity index (χ3n) is 3.65. The normalized spacial score (nSPS) is 15.4. The standard InChI is InChI=1S/C13H23N3/c1-11(2)13(3,10-14)16(4)9-12-7-5-6-8-15-12/h5-8,11H,9-10,14H2,1-4H3. The Bertz CT molecular complexity index is 310. The van der Waals surface area contributed by atoms with E-state index in [1.54, 1.807) is 0 Å². The van der Waals surface area contributed by atoms with Crippen LogP contribution in [0.25, 0.3) is 0 Å². The molecule has 0 aliphatic carbocycles. The van der Waals surface area contributed by atoms with Gasteiger partial charge in [-0.3, -0.25) is 9.88 Å². The smallest absolute Gasteiger partial charge is 0.0544 e. The Labute approximate surface area is 98.7 Å². The molecule has 0 aliphatic rings. The van der Waals surface area contributed by atoms with Crippen LogP contribution in [-0.4, -0.2) is 29.0 Å². The fourth-order valence-corrected chi connectivity index (χ4v) is 1.75. The third kappa shape index (κ3) is 2.80. The second-order valence-electron chi connectivity index (χ2n) is 4.89. The maximum absolute atomic E-state index is 5.90. The van der Waals surface area contributed by atoms with Gasteiger partial charge >= 0.3 is 0 Å². The van der Waals surface area contributed by atoms with Crippen molar-refractivity contribution in [1.82, 2.24) is 9.88 Å². The Morgan fingerprint density at radius 2 is 2.12 bits per heavy atom. The van der Waals surface area contributed by atoms with E-state index < -0.39 is 0 Å². The molecule has 1 heterocycles. The second-order valence-corrected chi connectivity index (χ2v) is 4.89. The molecule has 3 nitrogen and oxygen atoms in total. The maximum atomic E-state index is 5.90. The van der Waals surface area contributed by atoms with Crippen LogP contribution in [0.1, 0.15) is 26.5 Å². The lowest BCUT2D eigenvalue weighted by atomic mass is 9.87. The van der Waals surface area contributed by atoms with Gasteiger partial charge in [-0.2, -0.15) is 0 Å². The van der Waals surface area contributed by atoms with Crippen LogP contribution in [0, 0.1) is 5.92 Å². The number of pyridine rings is 1. The van der Waals surface area contributed by atoms with E-state index in [0.717, 1.165) is 12.2 Å². The molecule has 0 radical (unpaired) electrons. The second kappa shape index (κ2) is 5.41.